The van der Waals surface area contributed by atoms with E-state index in [4.69, 9.17) is 0 Å². The maximum atomic E-state index is 12.0. The summed E-state index contributed by atoms with van der Waals surface area (Å²) >= 11 is 0. The number of aliphatic carboxylic acids is 1. The number of carboxylic acids is 1. The lowest BCUT2D eigenvalue weighted by Gasteiger charge is -2.30. The topological polar surface area (TPSA) is 57.6 Å². The van der Waals surface area contributed by atoms with Crippen LogP contribution in [0.1, 0.15) is 47.5 Å². The summed E-state index contributed by atoms with van der Waals surface area (Å²) in [5, 5.41) is 9.28. The summed E-state index contributed by atoms with van der Waals surface area (Å²) < 4.78 is 0. The van der Waals surface area contributed by atoms with E-state index in [0.717, 1.165) is 6.42 Å². The predicted octanol–water partition coefficient (Wildman–Crippen LogP) is 2.63. The smallest absolute Gasteiger partial charge is 0.310 e. The lowest BCUT2D eigenvalue weighted by atomic mass is 9.76. The number of rotatable bonds is 7. The van der Waals surface area contributed by atoms with Gasteiger partial charge in [0.15, 0.2) is 0 Å². The van der Waals surface area contributed by atoms with Crippen molar-refractivity contribution in [3.8, 4) is 0 Å². The Hall–Kier alpha value is -1.06. The van der Waals surface area contributed by atoms with Crippen molar-refractivity contribution >= 4 is 11.9 Å². The third kappa shape index (κ3) is 4.67. The standard InChI is InChI=1S/C14H27NO3/c1-10(2)7-8-15(6)12(16)9-14(5,11(3)4)13(17)18/h10-11H,7-9H2,1-6H3,(H,17,18). The first-order valence-electron chi connectivity index (χ1n) is 6.58. The van der Waals surface area contributed by atoms with Gasteiger partial charge in [0.25, 0.3) is 0 Å². The number of carbonyl (C=O) groups excluding carboxylic acids is 1. The van der Waals surface area contributed by atoms with Crippen molar-refractivity contribution in [1.29, 1.82) is 0 Å². The Balaban J connectivity index is 4.57. The van der Waals surface area contributed by atoms with Crippen molar-refractivity contribution in [2.24, 2.45) is 17.3 Å². The Labute approximate surface area is 110 Å². The molecular weight excluding hydrogens is 230 g/mol. The summed E-state index contributed by atoms with van der Waals surface area (Å²) in [4.78, 5) is 25.0. The fourth-order valence-corrected chi connectivity index (χ4v) is 1.55. The van der Waals surface area contributed by atoms with Crippen LogP contribution in [0.5, 0.6) is 0 Å². The van der Waals surface area contributed by atoms with Crippen LogP contribution in [0, 0.1) is 17.3 Å². The molecule has 0 bridgehead atoms. The van der Waals surface area contributed by atoms with Gasteiger partial charge in [-0.3, -0.25) is 9.59 Å². The van der Waals surface area contributed by atoms with E-state index in [0.29, 0.717) is 12.5 Å². The van der Waals surface area contributed by atoms with Crippen LogP contribution in [-0.2, 0) is 9.59 Å². The van der Waals surface area contributed by atoms with Gasteiger partial charge in [0, 0.05) is 20.0 Å². The zero-order chi connectivity index (χ0) is 14.5. The molecule has 106 valence electrons. The molecular formula is C14H27NO3. The van der Waals surface area contributed by atoms with Crippen molar-refractivity contribution in [2.45, 2.75) is 47.5 Å². The van der Waals surface area contributed by atoms with Crippen LogP contribution in [0.15, 0.2) is 0 Å². The van der Waals surface area contributed by atoms with Gasteiger partial charge in [0.2, 0.25) is 5.91 Å². The highest BCUT2D eigenvalue weighted by Crippen LogP contribution is 2.32. The van der Waals surface area contributed by atoms with Crippen molar-refractivity contribution in [3.05, 3.63) is 0 Å². The minimum atomic E-state index is -0.983. The van der Waals surface area contributed by atoms with Gasteiger partial charge in [-0.25, -0.2) is 0 Å². The number of hydrogen-bond acceptors (Lipinski definition) is 2. The monoisotopic (exact) mass is 257 g/mol. The largest absolute Gasteiger partial charge is 0.481 e. The van der Waals surface area contributed by atoms with Crippen LogP contribution in [0.2, 0.25) is 0 Å². The SMILES string of the molecule is CC(C)CCN(C)C(=O)CC(C)(C(=O)O)C(C)C. The molecule has 0 heterocycles. The van der Waals surface area contributed by atoms with Gasteiger partial charge >= 0.3 is 5.97 Å². The molecule has 0 radical (unpaired) electrons. The van der Waals surface area contributed by atoms with Crippen LogP contribution in [0.25, 0.3) is 0 Å². The lowest BCUT2D eigenvalue weighted by molar-refractivity contribution is -0.155. The molecule has 18 heavy (non-hydrogen) atoms. The van der Waals surface area contributed by atoms with Crippen LogP contribution < -0.4 is 0 Å². The van der Waals surface area contributed by atoms with Crippen LogP contribution in [0.4, 0.5) is 0 Å². The van der Waals surface area contributed by atoms with E-state index in [1.165, 1.54) is 0 Å². The average molecular weight is 257 g/mol. The molecule has 0 saturated carbocycles. The molecule has 1 amide bonds. The van der Waals surface area contributed by atoms with Crippen LogP contribution in [0.3, 0.4) is 0 Å². The highest BCUT2D eigenvalue weighted by molar-refractivity contribution is 5.84. The summed E-state index contributed by atoms with van der Waals surface area (Å²) in [5.41, 5.74) is -0.983. The summed E-state index contributed by atoms with van der Waals surface area (Å²) in [6.45, 7) is 10.2. The molecule has 1 N–H and O–H groups in total. The number of hydrogen-bond donors (Lipinski definition) is 1. The lowest BCUT2D eigenvalue weighted by Crippen LogP contribution is -2.40. The second-order valence-corrected chi connectivity index (χ2v) is 6.05. The summed E-state index contributed by atoms with van der Waals surface area (Å²) in [5.74, 6) is -0.522. The Morgan fingerprint density at radius 1 is 1.22 bits per heavy atom. The second kappa shape index (κ2) is 6.76. The molecule has 1 atom stereocenters. The van der Waals surface area contributed by atoms with Gasteiger partial charge < -0.3 is 10.0 Å². The third-order valence-electron chi connectivity index (χ3n) is 3.75. The first-order chi connectivity index (χ1) is 8.11. The fraction of sp³-hybridized carbons (Fsp3) is 0.857. The average Bonchev–Trinajstić information content (AvgIpc) is 2.24. The molecule has 0 fully saturated rings. The van der Waals surface area contributed by atoms with E-state index in [2.05, 4.69) is 13.8 Å². The maximum Gasteiger partial charge on any atom is 0.310 e. The van der Waals surface area contributed by atoms with E-state index in [-0.39, 0.29) is 18.2 Å². The molecule has 0 aliphatic heterocycles. The fourth-order valence-electron chi connectivity index (χ4n) is 1.55. The number of carboxylic acid groups (broad SMARTS) is 1. The third-order valence-corrected chi connectivity index (χ3v) is 3.75. The number of amides is 1. The van der Waals surface area contributed by atoms with Gasteiger partial charge in [0.1, 0.15) is 0 Å². The Bertz CT molecular complexity index is 299. The zero-order valence-electron chi connectivity index (χ0n) is 12.5. The molecule has 0 aromatic rings. The maximum absolute atomic E-state index is 12.0. The molecule has 0 rings (SSSR count). The first-order valence-corrected chi connectivity index (χ1v) is 6.58. The summed E-state index contributed by atoms with van der Waals surface area (Å²) in [7, 11) is 1.74. The normalized spacial score (nSPS) is 14.7. The van der Waals surface area contributed by atoms with Crippen molar-refractivity contribution in [3.63, 3.8) is 0 Å². The Morgan fingerprint density at radius 3 is 2.06 bits per heavy atom. The molecule has 0 saturated heterocycles. The van der Waals surface area contributed by atoms with E-state index < -0.39 is 11.4 Å². The Morgan fingerprint density at radius 2 is 1.72 bits per heavy atom. The number of nitrogens with zero attached hydrogens (tertiary/aromatic N) is 1. The molecule has 0 aromatic carbocycles. The summed E-state index contributed by atoms with van der Waals surface area (Å²) in [6.07, 6.45) is 1.00. The summed E-state index contributed by atoms with van der Waals surface area (Å²) in [6, 6.07) is 0. The highest BCUT2D eigenvalue weighted by atomic mass is 16.4. The molecule has 1 unspecified atom stereocenters. The second-order valence-electron chi connectivity index (χ2n) is 6.05. The van der Waals surface area contributed by atoms with Gasteiger partial charge in [0.05, 0.1) is 5.41 Å². The van der Waals surface area contributed by atoms with Gasteiger partial charge in [-0.05, 0) is 25.2 Å². The minimum absolute atomic E-state index is 0.0641. The predicted molar refractivity (Wildman–Crippen MR) is 72.3 cm³/mol. The van der Waals surface area contributed by atoms with E-state index in [1.807, 2.05) is 13.8 Å². The first kappa shape index (κ1) is 16.9. The van der Waals surface area contributed by atoms with Crippen LogP contribution in [-0.4, -0.2) is 35.5 Å². The molecule has 4 heteroatoms. The Kier molecular flexibility index (Phi) is 6.36. The van der Waals surface area contributed by atoms with Crippen molar-refractivity contribution in [2.75, 3.05) is 13.6 Å². The minimum Gasteiger partial charge on any atom is -0.481 e. The van der Waals surface area contributed by atoms with Gasteiger partial charge in [-0.2, -0.15) is 0 Å². The molecule has 0 aromatic heterocycles. The molecule has 0 aliphatic rings. The number of carbonyl (C=O) groups is 2. The van der Waals surface area contributed by atoms with Crippen LogP contribution >= 0.6 is 0 Å². The van der Waals surface area contributed by atoms with Crippen molar-refractivity contribution in [1.82, 2.24) is 4.90 Å². The van der Waals surface area contributed by atoms with E-state index in [9.17, 15) is 14.7 Å². The highest BCUT2D eigenvalue weighted by Gasteiger charge is 2.39. The quantitative estimate of drug-likeness (QED) is 0.762. The molecule has 0 spiro atoms. The zero-order valence-corrected chi connectivity index (χ0v) is 12.5. The van der Waals surface area contributed by atoms with E-state index >= 15 is 0 Å². The molecule has 4 nitrogen and oxygen atoms in total. The molecule has 0 aliphatic carbocycles. The van der Waals surface area contributed by atoms with Gasteiger partial charge in [-0.1, -0.05) is 27.7 Å². The van der Waals surface area contributed by atoms with Gasteiger partial charge in [-0.15, -0.1) is 0 Å². The van der Waals surface area contributed by atoms with Crippen molar-refractivity contribution < 1.29 is 14.7 Å². The van der Waals surface area contributed by atoms with E-state index in [1.54, 1.807) is 18.9 Å².